The number of hydrogen-bond donors (Lipinski definition) is 3. The maximum atomic E-state index is 12.4. The molecule has 43 heavy (non-hydrogen) atoms. The Morgan fingerprint density at radius 1 is 0.814 bits per heavy atom. The number of rotatable bonds is 11. The van der Waals surface area contributed by atoms with Gasteiger partial charge in [-0.05, 0) is 99.4 Å². The molecule has 0 saturated heterocycles. The van der Waals surface area contributed by atoms with Crippen molar-refractivity contribution in [3.63, 3.8) is 0 Å². The van der Waals surface area contributed by atoms with Gasteiger partial charge in [0.2, 0.25) is 0 Å². The highest BCUT2D eigenvalue weighted by Crippen LogP contribution is 2.29. The maximum absolute atomic E-state index is 12.4. The molecule has 0 spiro atoms. The molecule has 0 saturated carbocycles. The lowest BCUT2D eigenvalue weighted by atomic mass is 10.0. The molecule has 0 bridgehead atoms. The van der Waals surface area contributed by atoms with Crippen LogP contribution in [-0.4, -0.2) is 39.4 Å². The minimum Gasteiger partial charge on any atom is -0.550 e. The zero-order chi connectivity index (χ0) is 31.6. The largest absolute Gasteiger partial charge is 0.550 e. The van der Waals surface area contributed by atoms with Gasteiger partial charge in [0.15, 0.2) is 0 Å². The SMILES string of the molecule is C=CC1=C(C)C(/C=c2\[nH]/c(=C\c3[nH]c(/C=C4\NC(=O)C(C)=C4CCC(=O)[O-])c(CCC(=O)[O-])c3C)c(C)c2C=C)=NC1=O. The van der Waals surface area contributed by atoms with Crippen LogP contribution >= 0.6 is 0 Å². The highest BCUT2D eigenvalue weighted by Gasteiger charge is 2.25. The zero-order valence-electron chi connectivity index (χ0n) is 24.5. The van der Waals surface area contributed by atoms with Gasteiger partial charge in [0.05, 0.1) is 5.71 Å². The molecule has 0 fully saturated rings. The molecular weight excluding hydrogens is 548 g/mol. The van der Waals surface area contributed by atoms with Crippen LogP contribution in [0.25, 0.3) is 24.3 Å². The van der Waals surface area contributed by atoms with Crippen LogP contribution in [0.1, 0.15) is 66.8 Å². The molecule has 0 unspecified atom stereocenters. The smallest absolute Gasteiger partial charge is 0.277 e. The van der Waals surface area contributed by atoms with E-state index in [2.05, 4.69) is 33.4 Å². The summed E-state index contributed by atoms with van der Waals surface area (Å²) in [6.45, 7) is 14.9. The number of amides is 2. The highest BCUT2D eigenvalue weighted by molar-refractivity contribution is 6.31. The van der Waals surface area contributed by atoms with Crippen LogP contribution in [-0.2, 0) is 25.6 Å². The van der Waals surface area contributed by atoms with Gasteiger partial charge >= 0.3 is 0 Å². The topological polar surface area (TPSA) is 170 Å². The Balaban J connectivity index is 1.85. The van der Waals surface area contributed by atoms with Gasteiger partial charge in [-0.3, -0.25) is 9.59 Å². The summed E-state index contributed by atoms with van der Waals surface area (Å²) in [5.74, 6) is -3.09. The van der Waals surface area contributed by atoms with Gasteiger partial charge in [0, 0.05) is 56.4 Å². The van der Waals surface area contributed by atoms with E-state index in [0.29, 0.717) is 44.9 Å². The van der Waals surface area contributed by atoms with Gasteiger partial charge in [-0.15, -0.1) is 0 Å². The van der Waals surface area contributed by atoms with E-state index in [1.165, 1.54) is 6.08 Å². The molecule has 2 aromatic rings. The predicted molar refractivity (Wildman–Crippen MR) is 160 cm³/mol. The summed E-state index contributed by atoms with van der Waals surface area (Å²) in [7, 11) is 0. The molecule has 4 heterocycles. The molecular formula is C33H32N4O6-2. The number of carboxylic acid groups (broad SMARTS) is 2. The molecule has 3 N–H and O–H groups in total. The lowest BCUT2D eigenvalue weighted by molar-refractivity contribution is -0.307. The number of H-pyrrole nitrogens is 2. The summed E-state index contributed by atoms with van der Waals surface area (Å²) in [6, 6.07) is 0. The number of hydrogen-bond acceptors (Lipinski definition) is 6. The van der Waals surface area contributed by atoms with E-state index in [-0.39, 0.29) is 37.5 Å². The Kier molecular flexibility index (Phi) is 8.80. The number of aliphatic imine (C=N–C) groups is 1. The van der Waals surface area contributed by atoms with E-state index in [4.69, 9.17) is 0 Å². The number of nitrogens with zero attached hydrogens (tertiary/aromatic N) is 1. The first kappa shape index (κ1) is 30.7. The minimum atomic E-state index is -1.22. The molecule has 0 radical (unpaired) electrons. The molecule has 2 aliphatic rings. The first-order valence-electron chi connectivity index (χ1n) is 13.7. The van der Waals surface area contributed by atoms with Crippen LogP contribution in [0, 0.1) is 13.8 Å². The molecule has 222 valence electrons. The Bertz CT molecular complexity index is 1860. The van der Waals surface area contributed by atoms with Crippen molar-refractivity contribution in [1.29, 1.82) is 0 Å². The third kappa shape index (κ3) is 6.18. The number of allylic oxidation sites excluding steroid dienone is 2. The van der Waals surface area contributed by atoms with Gasteiger partial charge in [0.1, 0.15) is 0 Å². The second kappa shape index (κ2) is 12.3. The van der Waals surface area contributed by atoms with E-state index in [9.17, 15) is 29.4 Å². The van der Waals surface area contributed by atoms with Crippen LogP contribution in [0.15, 0.2) is 52.2 Å². The number of aromatic nitrogens is 2. The molecule has 10 nitrogen and oxygen atoms in total. The van der Waals surface area contributed by atoms with Crippen molar-refractivity contribution in [2.75, 3.05) is 0 Å². The van der Waals surface area contributed by atoms with Crippen LogP contribution in [0.2, 0.25) is 0 Å². The summed E-state index contributed by atoms with van der Waals surface area (Å²) in [6.07, 6.45) is 8.42. The molecule has 0 aliphatic carbocycles. The summed E-state index contributed by atoms with van der Waals surface area (Å²) < 4.78 is 0. The molecule has 10 heteroatoms. The standard InChI is InChI=1S/C33H34N4O6/c1-7-20-16(3)24(34-27(20)14-26-17(4)21(8-2)33(43)36-26)13-25-18(5)22(9-11-30(38)39)28(35-25)15-29-23(10-12-31(40)41)19(6)32(42)37-29/h7-8,13-15,34-35H,1-2,9-12H2,3-6H3,(H,37,42)(H,38,39)(H,40,41)/p-2/b24-13-,27-14-,29-15-. The number of aliphatic carboxylic acids is 2. The van der Waals surface area contributed by atoms with Crippen LogP contribution < -0.4 is 26.2 Å². The zero-order valence-corrected chi connectivity index (χ0v) is 24.5. The third-order valence-electron chi connectivity index (χ3n) is 7.85. The molecule has 0 aromatic carbocycles. The van der Waals surface area contributed by atoms with Crippen molar-refractivity contribution >= 4 is 53.8 Å². The molecule has 4 rings (SSSR count). The number of carbonyl (C=O) groups excluding carboxylic acids is 4. The molecule has 2 aliphatic heterocycles. The quantitative estimate of drug-likeness (QED) is 0.353. The molecule has 2 aromatic heterocycles. The van der Waals surface area contributed by atoms with Crippen LogP contribution in [0.5, 0.6) is 0 Å². The van der Waals surface area contributed by atoms with E-state index >= 15 is 0 Å². The Morgan fingerprint density at radius 3 is 2.09 bits per heavy atom. The van der Waals surface area contributed by atoms with Gasteiger partial charge in [-0.2, -0.15) is 0 Å². The second-order valence-corrected chi connectivity index (χ2v) is 10.4. The van der Waals surface area contributed by atoms with E-state index in [1.807, 2.05) is 26.8 Å². The van der Waals surface area contributed by atoms with Crippen LogP contribution in [0.3, 0.4) is 0 Å². The monoisotopic (exact) mass is 580 g/mol. The number of carboxylic acids is 2. The average molecular weight is 581 g/mol. The lowest BCUT2D eigenvalue weighted by Crippen LogP contribution is -2.22. The highest BCUT2D eigenvalue weighted by atomic mass is 16.4. The first-order valence-corrected chi connectivity index (χ1v) is 13.7. The van der Waals surface area contributed by atoms with E-state index in [0.717, 1.165) is 33.2 Å². The minimum absolute atomic E-state index is 0.108. The average Bonchev–Trinajstić information content (AvgIpc) is 3.59. The van der Waals surface area contributed by atoms with Crippen LogP contribution in [0.4, 0.5) is 0 Å². The summed E-state index contributed by atoms with van der Waals surface area (Å²) in [4.78, 5) is 57.9. The van der Waals surface area contributed by atoms with Gasteiger partial charge in [0.25, 0.3) is 11.8 Å². The summed E-state index contributed by atoms with van der Waals surface area (Å²) in [5.41, 5.74) is 7.67. The second-order valence-electron chi connectivity index (χ2n) is 10.4. The van der Waals surface area contributed by atoms with Crippen molar-refractivity contribution in [2.24, 2.45) is 4.99 Å². The molecule has 2 amide bonds. The lowest BCUT2D eigenvalue weighted by Gasteiger charge is -2.08. The molecule has 0 atom stereocenters. The normalized spacial score (nSPS) is 16.9. The van der Waals surface area contributed by atoms with Crippen molar-refractivity contribution in [3.05, 3.63) is 91.6 Å². The van der Waals surface area contributed by atoms with Crippen molar-refractivity contribution < 1.29 is 29.4 Å². The number of aromatic amines is 2. The third-order valence-corrected chi connectivity index (χ3v) is 7.85. The fourth-order valence-electron chi connectivity index (χ4n) is 5.33. The van der Waals surface area contributed by atoms with Gasteiger partial charge in [-0.25, -0.2) is 4.99 Å². The van der Waals surface area contributed by atoms with Crippen molar-refractivity contribution in [3.8, 4) is 0 Å². The Labute approximate surface area is 248 Å². The summed E-state index contributed by atoms with van der Waals surface area (Å²) in [5, 5.41) is 26.7. The van der Waals surface area contributed by atoms with E-state index < -0.39 is 11.9 Å². The van der Waals surface area contributed by atoms with E-state index in [1.54, 1.807) is 25.2 Å². The van der Waals surface area contributed by atoms with Gasteiger partial charge in [-0.1, -0.05) is 25.3 Å². The fraction of sp³-hybridized carbons (Fsp3) is 0.242. The van der Waals surface area contributed by atoms with Gasteiger partial charge < -0.3 is 35.1 Å². The Hall–Kier alpha value is -5.25. The number of carbonyl (C=O) groups is 4. The predicted octanol–water partition coefficient (Wildman–Crippen LogP) is 0.695. The van der Waals surface area contributed by atoms with Crippen molar-refractivity contribution in [1.82, 2.24) is 15.3 Å². The number of nitrogens with one attached hydrogen (secondary N) is 3. The first-order chi connectivity index (χ1) is 20.4. The fourth-order valence-corrected chi connectivity index (χ4v) is 5.33. The summed E-state index contributed by atoms with van der Waals surface area (Å²) >= 11 is 0. The van der Waals surface area contributed by atoms with Crippen molar-refractivity contribution in [2.45, 2.75) is 53.4 Å². The maximum Gasteiger partial charge on any atom is 0.277 e. The Morgan fingerprint density at radius 2 is 1.49 bits per heavy atom.